The van der Waals surface area contributed by atoms with Crippen LogP contribution in [0.5, 0.6) is 0 Å². The maximum atomic E-state index is 12.3. The summed E-state index contributed by atoms with van der Waals surface area (Å²) < 4.78 is 0. The van der Waals surface area contributed by atoms with E-state index >= 15 is 0 Å². The second kappa shape index (κ2) is 8.14. The average molecular weight is 345 g/mol. The summed E-state index contributed by atoms with van der Waals surface area (Å²) in [4.78, 5) is 34.7. The van der Waals surface area contributed by atoms with Gasteiger partial charge in [-0.15, -0.1) is 0 Å². The highest BCUT2D eigenvalue weighted by Crippen LogP contribution is 2.39. The van der Waals surface area contributed by atoms with E-state index in [0.717, 1.165) is 24.8 Å². The standard InChI is InChI=1S/C19H27N3O3/c1-13(23)20-11-17(24)21-12-18(25)22-16-10-19(2,3)9-8-14-6-4-5-7-15(14)16/h4-7,16H,8-12H2,1-3H3,(H,20,23)(H,21,24)(H,22,25)/t16-/m1/s1. The molecule has 0 aromatic heterocycles. The zero-order chi connectivity index (χ0) is 18.4. The maximum Gasteiger partial charge on any atom is 0.239 e. The predicted molar refractivity (Wildman–Crippen MR) is 95.7 cm³/mol. The van der Waals surface area contributed by atoms with Gasteiger partial charge in [0.15, 0.2) is 0 Å². The number of fused-ring (bicyclic) bond motifs is 1. The molecule has 0 bridgehead atoms. The van der Waals surface area contributed by atoms with E-state index in [9.17, 15) is 14.4 Å². The van der Waals surface area contributed by atoms with Crippen molar-refractivity contribution in [3.05, 3.63) is 35.4 Å². The SMILES string of the molecule is CC(=O)NCC(=O)NCC(=O)N[C@@H]1CC(C)(C)CCc2ccccc21. The first kappa shape index (κ1) is 19.0. The number of aryl methyl sites for hydroxylation is 1. The molecule has 1 atom stereocenters. The van der Waals surface area contributed by atoms with Gasteiger partial charge >= 0.3 is 0 Å². The van der Waals surface area contributed by atoms with Crippen LogP contribution < -0.4 is 16.0 Å². The first-order valence-electron chi connectivity index (χ1n) is 8.65. The smallest absolute Gasteiger partial charge is 0.239 e. The zero-order valence-corrected chi connectivity index (χ0v) is 15.1. The van der Waals surface area contributed by atoms with Gasteiger partial charge in [0.2, 0.25) is 17.7 Å². The molecule has 2 rings (SSSR count). The lowest BCUT2D eigenvalue weighted by Gasteiger charge is -2.27. The Kier molecular flexibility index (Phi) is 6.17. The third kappa shape index (κ3) is 5.89. The molecule has 6 heteroatoms. The zero-order valence-electron chi connectivity index (χ0n) is 15.1. The second-order valence-electron chi connectivity index (χ2n) is 7.37. The van der Waals surface area contributed by atoms with Crippen LogP contribution in [0.25, 0.3) is 0 Å². The maximum absolute atomic E-state index is 12.3. The molecule has 0 heterocycles. The van der Waals surface area contributed by atoms with Gasteiger partial charge in [0.25, 0.3) is 0 Å². The quantitative estimate of drug-likeness (QED) is 0.706. The molecule has 0 saturated heterocycles. The molecule has 6 nitrogen and oxygen atoms in total. The van der Waals surface area contributed by atoms with Crippen LogP contribution in [0.3, 0.4) is 0 Å². The molecule has 25 heavy (non-hydrogen) atoms. The summed E-state index contributed by atoms with van der Waals surface area (Å²) in [5.41, 5.74) is 2.56. The molecule has 136 valence electrons. The minimum Gasteiger partial charge on any atom is -0.348 e. The molecular weight excluding hydrogens is 318 g/mol. The Balaban J connectivity index is 1.96. The topological polar surface area (TPSA) is 87.3 Å². The van der Waals surface area contributed by atoms with Crippen LogP contribution >= 0.6 is 0 Å². The number of amides is 3. The molecule has 1 aromatic rings. The van der Waals surface area contributed by atoms with Crippen molar-refractivity contribution in [1.82, 2.24) is 16.0 Å². The molecule has 0 unspecified atom stereocenters. The number of benzene rings is 1. The van der Waals surface area contributed by atoms with Crippen LogP contribution in [0.1, 0.15) is 50.8 Å². The lowest BCUT2D eigenvalue weighted by atomic mass is 9.83. The fraction of sp³-hybridized carbons (Fsp3) is 0.526. The molecule has 0 radical (unpaired) electrons. The Labute approximate surface area is 148 Å². The Morgan fingerprint density at radius 3 is 2.48 bits per heavy atom. The molecule has 3 amide bonds. The van der Waals surface area contributed by atoms with Crippen molar-refractivity contribution in [2.75, 3.05) is 13.1 Å². The molecule has 1 aliphatic rings. The van der Waals surface area contributed by atoms with E-state index in [0.29, 0.717) is 0 Å². The van der Waals surface area contributed by atoms with E-state index in [-0.39, 0.29) is 42.3 Å². The van der Waals surface area contributed by atoms with E-state index in [2.05, 4.69) is 41.9 Å². The van der Waals surface area contributed by atoms with Crippen molar-refractivity contribution < 1.29 is 14.4 Å². The van der Waals surface area contributed by atoms with Gasteiger partial charge in [-0.2, -0.15) is 0 Å². The molecule has 1 aromatic carbocycles. The summed E-state index contributed by atoms with van der Waals surface area (Å²) in [7, 11) is 0. The average Bonchev–Trinajstić information content (AvgIpc) is 2.68. The summed E-state index contributed by atoms with van der Waals surface area (Å²) in [6.45, 7) is 5.55. The van der Waals surface area contributed by atoms with E-state index in [4.69, 9.17) is 0 Å². The Hall–Kier alpha value is -2.37. The minimum absolute atomic E-state index is 0.0616. The van der Waals surface area contributed by atoms with Crippen LogP contribution in [0.15, 0.2) is 24.3 Å². The predicted octanol–water partition coefficient (Wildman–Crippen LogP) is 1.46. The highest BCUT2D eigenvalue weighted by Gasteiger charge is 2.30. The Bertz CT molecular complexity index is 655. The van der Waals surface area contributed by atoms with Gasteiger partial charge in [-0.25, -0.2) is 0 Å². The largest absolute Gasteiger partial charge is 0.348 e. The summed E-state index contributed by atoms with van der Waals surface area (Å²) in [5, 5.41) is 7.97. The summed E-state index contributed by atoms with van der Waals surface area (Å²) in [6.07, 6.45) is 2.93. The van der Waals surface area contributed by atoms with Crippen LogP contribution in [-0.4, -0.2) is 30.8 Å². The van der Waals surface area contributed by atoms with Gasteiger partial charge < -0.3 is 16.0 Å². The third-order valence-electron chi connectivity index (χ3n) is 4.54. The number of hydrogen-bond acceptors (Lipinski definition) is 3. The van der Waals surface area contributed by atoms with Crippen LogP contribution in [0, 0.1) is 5.41 Å². The number of rotatable bonds is 5. The van der Waals surface area contributed by atoms with Crippen molar-refractivity contribution in [3.8, 4) is 0 Å². The van der Waals surface area contributed by atoms with Gasteiger partial charge in [-0.1, -0.05) is 38.1 Å². The summed E-state index contributed by atoms with van der Waals surface area (Å²) in [6, 6.07) is 8.14. The van der Waals surface area contributed by atoms with Gasteiger partial charge in [0.05, 0.1) is 19.1 Å². The van der Waals surface area contributed by atoms with Crippen molar-refractivity contribution in [3.63, 3.8) is 0 Å². The lowest BCUT2D eigenvalue weighted by Crippen LogP contribution is -2.42. The number of hydrogen-bond donors (Lipinski definition) is 3. The first-order chi connectivity index (χ1) is 11.8. The molecule has 0 aliphatic heterocycles. The fourth-order valence-corrected chi connectivity index (χ4v) is 3.16. The molecule has 1 aliphatic carbocycles. The Morgan fingerprint density at radius 2 is 1.76 bits per heavy atom. The molecule has 3 N–H and O–H groups in total. The van der Waals surface area contributed by atoms with Crippen LogP contribution in [0.2, 0.25) is 0 Å². The molecule has 0 fully saturated rings. The molecular formula is C19H27N3O3. The van der Waals surface area contributed by atoms with E-state index in [1.54, 1.807) is 0 Å². The van der Waals surface area contributed by atoms with E-state index < -0.39 is 0 Å². The summed E-state index contributed by atoms with van der Waals surface area (Å²) in [5.74, 6) is -0.891. The monoisotopic (exact) mass is 345 g/mol. The number of nitrogens with one attached hydrogen (secondary N) is 3. The van der Waals surface area contributed by atoms with Gasteiger partial charge in [-0.05, 0) is 35.8 Å². The highest BCUT2D eigenvalue weighted by molar-refractivity contribution is 5.87. The second-order valence-corrected chi connectivity index (χ2v) is 7.37. The third-order valence-corrected chi connectivity index (χ3v) is 4.54. The van der Waals surface area contributed by atoms with Crippen LogP contribution in [0.4, 0.5) is 0 Å². The molecule has 0 spiro atoms. The van der Waals surface area contributed by atoms with Crippen molar-refractivity contribution in [2.24, 2.45) is 5.41 Å². The van der Waals surface area contributed by atoms with E-state index in [1.807, 2.05) is 12.1 Å². The normalized spacial score (nSPS) is 18.4. The lowest BCUT2D eigenvalue weighted by molar-refractivity contribution is -0.127. The van der Waals surface area contributed by atoms with Gasteiger partial charge in [0.1, 0.15) is 0 Å². The van der Waals surface area contributed by atoms with Crippen molar-refractivity contribution in [1.29, 1.82) is 0 Å². The van der Waals surface area contributed by atoms with Gasteiger partial charge in [0, 0.05) is 6.92 Å². The highest BCUT2D eigenvalue weighted by atomic mass is 16.2. The van der Waals surface area contributed by atoms with Crippen LogP contribution in [-0.2, 0) is 20.8 Å². The summed E-state index contributed by atoms with van der Waals surface area (Å²) >= 11 is 0. The van der Waals surface area contributed by atoms with Gasteiger partial charge in [-0.3, -0.25) is 14.4 Å². The minimum atomic E-state index is -0.382. The number of carbonyl (C=O) groups is 3. The van der Waals surface area contributed by atoms with Crippen molar-refractivity contribution >= 4 is 17.7 Å². The van der Waals surface area contributed by atoms with E-state index in [1.165, 1.54) is 12.5 Å². The molecule has 0 saturated carbocycles. The first-order valence-corrected chi connectivity index (χ1v) is 8.65. The fourth-order valence-electron chi connectivity index (χ4n) is 3.16. The van der Waals surface area contributed by atoms with Crippen molar-refractivity contribution in [2.45, 2.75) is 46.1 Å². The Morgan fingerprint density at radius 1 is 1.08 bits per heavy atom. The number of carbonyl (C=O) groups excluding carboxylic acids is 3.